The number of amides is 2. The summed E-state index contributed by atoms with van der Waals surface area (Å²) < 4.78 is 13.0. The zero-order chi connectivity index (χ0) is 25.9. The number of hydrogen-bond donors (Lipinski definition) is 1. The molecule has 4 rings (SSSR count). The van der Waals surface area contributed by atoms with Gasteiger partial charge in [-0.1, -0.05) is 36.4 Å². The van der Waals surface area contributed by atoms with E-state index in [-0.39, 0.29) is 18.7 Å². The third-order valence-electron chi connectivity index (χ3n) is 6.06. The number of ether oxygens (including phenoxy) is 2. The first-order valence-corrected chi connectivity index (χ1v) is 12.2. The molecule has 0 spiro atoms. The van der Waals surface area contributed by atoms with Gasteiger partial charge in [0.05, 0.1) is 22.8 Å². The van der Waals surface area contributed by atoms with E-state index in [4.69, 9.17) is 14.5 Å². The van der Waals surface area contributed by atoms with Crippen LogP contribution in [0, 0.1) is 0 Å². The van der Waals surface area contributed by atoms with Crippen LogP contribution in [0.15, 0.2) is 54.7 Å². The molecule has 190 valence electrons. The minimum atomic E-state index is -0.536. The SMILES string of the molecule is C[C@H](NC(=O)OCc1ccccc1)c1nc2ccn(C)c2cc1C1=CCN(C(=O)OC(C)(C)C)CC1. The predicted molar refractivity (Wildman–Crippen MR) is 139 cm³/mol. The molecule has 0 unspecified atom stereocenters. The Morgan fingerprint density at radius 3 is 2.58 bits per heavy atom. The van der Waals surface area contributed by atoms with Crippen molar-refractivity contribution in [2.45, 2.75) is 52.4 Å². The molecule has 3 heterocycles. The van der Waals surface area contributed by atoms with Crippen LogP contribution in [-0.2, 0) is 23.1 Å². The van der Waals surface area contributed by atoms with Crippen LogP contribution in [0.5, 0.6) is 0 Å². The Kier molecular flexibility index (Phi) is 7.33. The number of benzene rings is 1. The van der Waals surface area contributed by atoms with Crippen molar-refractivity contribution in [2.24, 2.45) is 7.05 Å². The summed E-state index contributed by atoms with van der Waals surface area (Å²) in [6.07, 6.45) is 3.86. The second-order valence-electron chi connectivity index (χ2n) is 10.1. The van der Waals surface area contributed by atoms with Crippen molar-refractivity contribution in [2.75, 3.05) is 13.1 Å². The standard InChI is InChI=1S/C28H34N4O4/c1-19(29-26(33)35-18-20-9-7-6-8-10-20)25-22(17-24-23(30-25)13-14-31(24)5)21-11-15-32(16-12-21)27(34)36-28(2,3)4/h6-11,13-14,17,19H,12,15-16,18H2,1-5H3,(H,29,33)/t19-/m0/s1. The number of nitrogens with zero attached hydrogens (tertiary/aromatic N) is 3. The zero-order valence-electron chi connectivity index (χ0n) is 21.6. The van der Waals surface area contributed by atoms with Gasteiger partial charge in [0.25, 0.3) is 0 Å². The number of pyridine rings is 1. The number of hydrogen-bond acceptors (Lipinski definition) is 5. The minimum Gasteiger partial charge on any atom is -0.445 e. The number of aromatic nitrogens is 2. The Morgan fingerprint density at radius 1 is 1.17 bits per heavy atom. The molecule has 0 saturated heterocycles. The Balaban J connectivity index is 1.53. The van der Waals surface area contributed by atoms with Crippen LogP contribution >= 0.6 is 0 Å². The highest BCUT2D eigenvalue weighted by Crippen LogP contribution is 2.31. The predicted octanol–water partition coefficient (Wildman–Crippen LogP) is 5.58. The minimum absolute atomic E-state index is 0.197. The van der Waals surface area contributed by atoms with E-state index in [1.165, 1.54) is 0 Å². The normalized spacial score (nSPS) is 14.8. The molecule has 2 amide bonds. The highest BCUT2D eigenvalue weighted by Gasteiger charge is 2.26. The Labute approximate surface area is 211 Å². The van der Waals surface area contributed by atoms with Crippen molar-refractivity contribution in [3.8, 4) is 0 Å². The van der Waals surface area contributed by atoms with Gasteiger partial charge >= 0.3 is 12.2 Å². The lowest BCUT2D eigenvalue weighted by Crippen LogP contribution is -2.39. The average molecular weight is 491 g/mol. The van der Waals surface area contributed by atoms with E-state index in [9.17, 15) is 9.59 Å². The first kappa shape index (κ1) is 25.3. The molecule has 0 saturated carbocycles. The van der Waals surface area contributed by atoms with Gasteiger partial charge in [0.15, 0.2) is 0 Å². The topological polar surface area (TPSA) is 85.7 Å². The highest BCUT2D eigenvalue weighted by atomic mass is 16.6. The molecule has 0 bridgehead atoms. The van der Waals surface area contributed by atoms with Gasteiger partial charge in [-0.25, -0.2) is 14.6 Å². The fraction of sp³-hybridized carbons (Fsp3) is 0.393. The number of alkyl carbamates (subject to hydrolysis) is 1. The molecule has 8 heteroatoms. The van der Waals surface area contributed by atoms with E-state index in [1.54, 1.807) is 4.90 Å². The fourth-order valence-corrected chi connectivity index (χ4v) is 4.20. The van der Waals surface area contributed by atoms with E-state index in [1.807, 2.05) is 88.0 Å². The van der Waals surface area contributed by atoms with Crippen molar-refractivity contribution in [1.29, 1.82) is 0 Å². The molecule has 0 fully saturated rings. The molecule has 0 aliphatic carbocycles. The largest absolute Gasteiger partial charge is 0.445 e. The number of carbonyl (C=O) groups is 2. The maximum Gasteiger partial charge on any atom is 0.410 e. The molecule has 8 nitrogen and oxygen atoms in total. The maximum atomic E-state index is 12.5. The first-order valence-electron chi connectivity index (χ1n) is 12.2. The third-order valence-corrected chi connectivity index (χ3v) is 6.06. The van der Waals surface area contributed by atoms with Gasteiger partial charge in [-0.3, -0.25) is 0 Å². The molecule has 1 N–H and O–H groups in total. The first-order chi connectivity index (χ1) is 17.1. The third kappa shape index (κ3) is 6.05. The van der Waals surface area contributed by atoms with E-state index in [0.29, 0.717) is 19.5 Å². The number of rotatable bonds is 5. The monoisotopic (exact) mass is 490 g/mol. The van der Waals surface area contributed by atoms with E-state index < -0.39 is 11.7 Å². The van der Waals surface area contributed by atoms with Gasteiger partial charge in [0.2, 0.25) is 0 Å². The van der Waals surface area contributed by atoms with Crippen molar-refractivity contribution in [3.05, 3.63) is 71.6 Å². The fourth-order valence-electron chi connectivity index (χ4n) is 4.20. The second-order valence-corrected chi connectivity index (χ2v) is 10.1. The Bertz CT molecular complexity index is 1270. The van der Waals surface area contributed by atoms with E-state index >= 15 is 0 Å². The van der Waals surface area contributed by atoms with Crippen molar-refractivity contribution >= 4 is 28.8 Å². The van der Waals surface area contributed by atoms with Gasteiger partial charge in [-0.05, 0) is 57.4 Å². The summed E-state index contributed by atoms with van der Waals surface area (Å²) in [6, 6.07) is 13.3. The van der Waals surface area contributed by atoms with Crippen LogP contribution in [0.1, 0.15) is 57.0 Å². The molecular weight excluding hydrogens is 456 g/mol. The van der Waals surface area contributed by atoms with Crippen LogP contribution in [-0.4, -0.2) is 45.3 Å². The number of fused-ring (bicyclic) bond motifs is 1. The molecule has 3 aromatic rings. The lowest BCUT2D eigenvalue weighted by molar-refractivity contribution is 0.0270. The summed E-state index contributed by atoms with van der Waals surface area (Å²) in [5, 5.41) is 2.93. The van der Waals surface area contributed by atoms with Crippen LogP contribution in [0.3, 0.4) is 0 Å². The Hall–Kier alpha value is -3.81. The second kappa shape index (κ2) is 10.4. The van der Waals surface area contributed by atoms with E-state index in [2.05, 4.69) is 11.4 Å². The lowest BCUT2D eigenvalue weighted by atomic mass is 9.95. The van der Waals surface area contributed by atoms with Gasteiger partial charge in [0, 0.05) is 31.9 Å². The number of carbonyl (C=O) groups excluding carboxylic acids is 2. The summed E-state index contributed by atoms with van der Waals surface area (Å²) >= 11 is 0. The number of aryl methyl sites for hydroxylation is 1. The van der Waals surface area contributed by atoms with Crippen LogP contribution in [0.25, 0.3) is 16.6 Å². The maximum absolute atomic E-state index is 12.5. The smallest absolute Gasteiger partial charge is 0.410 e. The molecule has 1 aromatic carbocycles. The molecule has 1 aliphatic heterocycles. The summed E-state index contributed by atoms with van der Waals surface area (Å²) in [5.74, 6) is 0. The summed E-state index contributed by atoms with van der Waals surface area (Å²) in [5.41, 5.74) is 5.06. The number of nitrogens with one attached hydrogen (secondary N) is 1. The molecule has 36 heavy (non-hydrogen) atoms. The summed E-state index contributed by atoms with van der Waals surface area (Å²) in [7, 11) is 1.98. The summed E-state index contributed by atoms with van der Waals surface area (Å²) in [4.78, 5) is 31.7. The van der Waals surface area contributed by atoms with Gasteiger partial charge < -0.3 is 24.3 Å². The van der Waals surface area contributed by atoms with Crippen LogP contribution in [0.2, 0.25) is 0 Å². The lowest BCUT2D eigenvalue weighted by Gasteiger charge is -2.30. The van der Waals surface area contributed by atoms with Crippen molar-refractivity contribution in [1.82, 2.24) is 19.8 Å². The van der Waals surface area contributed by atoms with Crippen molar-refractivity contribution in [3.63, 3.8) is 0 Å². The van der Waals surface area contributed by atoms with Gasteiger partial charge in [-0.15, -0.1) is 0 Å². The molecular formula is C28H34N4O4. The van der Waals surface area contributed by atoms with Gasteiger partial charge in [-0.2, -0.15) is 0 Å². The average Bonchev–Trinajstić information content (AvgIpc) is 3.21. The quantitative estimate of drug-likeness (QED) is 0.504. The van der Waals surface area contributed by atoms with E-state index in [0.717, 1.165) is 33.4 Å². The molecule has 1 aliphatic rings. The van der Waals surface area contributed by atoms with Crippen LogP contribution in [0.4, 0.5) is 9.59 Å². The highest BCUT2D eigenvalue weighted by molar-refractivity contribution is 5.83. The summed E-state index contributed by atoms with van der Waals surface area (Å²) in [6.45, 7) is 8.69. The van der Waals surface area contributed by atoms with Crippen molar-refractivity contribution < 1.29 is 19.1 Å². The Morgan fingerprint density at radius 2 is 1.92 bits per heavy atom. The van der Waals surface area contributed by atoms with Crippen LogP contribution < -0.4 is 5.32 Å². The molecule has 0 radical (unpaired) electrons. The molecule has 2 aromatic heterocycles. The zero-order valence-corrected chi connectivity index (χ0v) is 21.6. The molecule has 1 atom stereocenters. The van der Waals surface area contributed by atoms with Gasteiger partial charge in [0.1, 0.15) is 12.2 Å².